The maximum absolute atomic E-state index is 12.0. The fourth-order valence-electron chi connectivity index (χ4n) is 2.82. The van der Waals surface area contributed by atoms with E-state index in [0.717, 1.165) is 38.9 Å². The van der Waals surface area contributed by atoms with E-state index < -0.39 is 6.17 Å². The van der Waals surface area contributed by atoms with Gasteiger partial charge in [-0.1, -0.05) is 6.92 Å². The molecule has 3 rings (SSSR count). The van der Waals surface area contributed by atoms with E-state index in [0.29, 0.717) is 23.0 Å². The summed E-state index contributed by atoms with van der Waals surface area (Å²) in [6.07, 6.45) is 3.98. The van der Waals surface area contributed by atoms with Crippen molar-refractivity contribution < 1.29 is 4.79 Å². The van der Waals surface area contributed by atoms with Crippen LogP contribution in [0.25, 0.3) is 0 Å². The van der Waals surface area contributed by atoms with Crippen molar-refractivity contribution in [3.05, 3.63) is 11.3 Å². The van der Waals surface area contributed by atoms with Gasteiger partial charge < -0.3 is 21.3 Å². The molecule has 1 atom stereocenters. The first-order valence-corrected chi connectivity index (χ1v) is 7.68. The first-order valence-electron chi connectivity index (χ1n) is 7.68. The summed E-state index contributed by atoms with van der Waals surface area (Å²) in [7, 11) is 0. The fourth-order valence-corrected chi connectivity index (χ4v) is 2.82. The smallest absolute Gasteiger partial charge is 0.272 e. The predicted molar refractivity (Wildman–Crippen MR) is 81.3 cm³/mol. The van der Waals surface area contributed by atoms with E-state index in [1.807, 2.05) is 0 Å². The number of fused-ring (bicyclic) bond motifs is 1. The van der Waals surface area contributed by atoms with Crippen LogP contribution in [0, 0.1) is 0 Å². The number of rotatable bonds is 4. The van der Waals surface area contributed by atoms with Crippen LogP contribution in [0.4, 0.5) is 11.8 Å². The molecule has 0 saturated carbocycles. The third kappa shape index (κ3) is 2.65. The summed E-state index contributed by atoms with van der Waals surface area (Å²) in [6, 6.07) is 0. The fraction of sp³-hybridized carbons (Fsp3) is 0.643. The van der Waals surface area contributed by atoms with Gasteiger partial charge in [-0.3, -0.25) is 4.79 Å². The van der Waals surface area contributed by atoms with Crippen LogP contribution in [0.15, 0.2) is 0 Å². The average Bonchev–Trinajstić information content (AvgIpc) is 2.80. The van der Waals surface area contributed by atoms with E-state index in [1.54, 1.807) is 0 Å². The molecule has 1 saturated heterocycles. The number of carbonyl (C=O) groups excluding carboxylic acids is 1. The van der Waals surface area contributed by atoms with Gasteiger partial charge in [-0.25, -0.2) is 4.98 Å². The van der Waals surface area contributed by atoms with E-state index in [1.165, 1.54) is 6.42 Å². The number of nitrogens with zero attached hydrogens (tertiary/aromatic N) is 3. The topological polar surface area (TPSA) is 96.2 Å². The van der Waals surface area contributed by atoms with Crippen LogP contribution in [0.3, 0.4) is 0 Å². The van der Waals surface area contributed by atoms with E-state index in [2.05, 4.69) is 32.4 Å². The van der Waals surface area contributed by atoms with Gasteiger partial charge in [-0.05, 0) is 25.7 Å². The number of aromatic nitrogens is 2. The van der Waals surface area contributed by atoms with Crippen LogP contribution in [-0.4, -0.2) is 35.5 Å². The molecule has 0 spiro atoms. The maximum Gasteiger partial charge on any atom is 0.272 e. The Morgan fingerprint density at radius 1 is 1.33 bits per heavy atom. The SMILES string of the molecule is CCCNc1nc(N2CCCCC2)nc2c1C(N)NC2=O. The second-order valence-electron chi connectivity index (χ2n) is 5.56. The third-order valence-electron chi connectivity index (χ3n) is 3.93. The molecule has 0 radical (unpaired) electrons. The number of nitrogens with two attached hydrogens (primary N) is 1. The lowest BCUT2D eigenvalue weighted by Crippen LogP contribution is -2.31. The van der Waals surface area contributed by atoms with Crippen LogP contribution in [0.2, 0.25) is 0 Å². The first kappa shape index (κ1) is 14.1. The zero-order chi connectivity index (χ0) is 14.8. The molecular formula is C14H22N6O. The molecule has 7 heteroatoms. The van der Waals surface area contributed by atoms with Gasteiger partial charge in [0.2, 0.25) is 5.95 Å². The summed E-state index contributed by atoms with van der Waals surface area (Å²) in [4.78, 5) is 23.2. The van der Waals surface area contributed by atoms with Crippen molar-refractivity contribution in [1.29, 1.82) is 0 Å². The van der Waals surface area contributed by atoms with Crippen LogP contribution >= 0.6 is 0 Å². The minimum atomic E-state index is -0.526. The van der Waals surface area contributed by atoms with Crippen molar-refractivity contribution >= 4 is 17.7 Å². The Bertz CT molecular complexity index is 541. The monoisotopic (exact) mass is 290 g/mol. The van der Waals surface area contributed by atoms with Crippen LogP contribution in [0.5, 0.6) is 0 Å². The van der Waals surface area contributed by atoms with Gasteiger partial charge in [0.05, 0.1) is 5.56 Å². The number of hydrogen-bond acceptors (Lipinski definition) is 6. The van der Waals surface area contributed by atoms with Gasteiger partial charge in [-0.15, -0.1) is 0 Å². The first-order chi connectivity index (χ1) is 10.2. The second-order valence-corrected chi connectivity index (χ2v) is 5.56. The van der Waals surface area contributed by atoms with Crippen molar-refractivity contribution in [3.63, 3.8) is 0 Å². The van der Waals surface area contributed by atoms with E-state index in [4.69, 9.17) is 5.73 Å². The van der Waals surface area contributed by atoms with Crippen LogP contribution < -0.4 is 21.3 Å². The Hall–Kier alpha value is -1.89. The highest BCUT2D eigenvalue weighted by atomic mass is 16.2. The van der Waals surface area contributed by atoms with E-state index in [-0.39, 0.29) is 5.91 Å². The number of nitrogens with one attached hydrogen (secondary N) is 2. The number of hydrogen-bond donors (Lipinski definition) is 3. The molecule has 1 amide bonds. The molecular weight excluding hydrogens is 268 g/mol. The lowest BCUT2D eigenvalue weighted by Gasteiger charge is -2.27. The van der Waals surface area contributed by atoms with E-state index in [9.17, 15) is 4.79 Å². The minimum absolute atomic E-state index is 0.210. The predicted octanol–water partition coefficient (Wildman–Crippen LogP) is 0.990. The summed E-state index contributed by atoms with van der Waals surface area (Å²) in [5, 5.41) is 5.98. The molecule has 21 heavy (non-hydrogen) atoms. The summed E-state index contributed by atoms with van der Waals surface area (Å²) in [5.41, 5.74) is 7.07. The zero-order valence-electron chi connectivity index (χ0n) is 12.4. The molecule has 0 bridgehead atoms. The summed E-state index contributed by atoms with van der Waals surface area (Å²) >= 11 is 0. The molecule has 0 aliphatic carbocycles. The highest BCUT2D eigenvalue weighted by molar-refractivity contribution is 5.99. The average molecular weight is 290 g/mol. The Morgan fingerprint density at radius 2 is 2.10 bits per heavy atom. The van der Waals surface area contributed by atoms with Gasteiger partial charge in [0.15, 0.2) is 0 Å². The highest BCUT2D eigenvalue weighted by Gasteiger charge is 2.33. The lowest BCUT2D eigenvalue weighted by atomic mass is 10.1. The van der Waals surface area contributed by atoms with Gasteiger partial charge in [0.25, 0.3) is 5.91 Å². The van der Waals surface area contributed by atoms with Gasteiger partial charge in [-0.2, -0.15) is 4.98 Å². The number of carbonyl (C=O) groups is 1. The molecule has 1 aromatic heterocycles. The summed E-state index contributed by atoms with van der Waals surface area (Å²) < 4.78 is 0. The standard InChI is InChI=1S/C14H22N6O/c1-2-6-16-12-9-10(13(21)18-11(9)15)17-14(19-12)20-7-4-3-5-8-20/h11H,2-8,15H2,1H3,(H,18,21)(H,16,17,19). The molecule has 1 aromatic rings. The van der Waals surface area contributed by atoms with Crippen molar-refractivity contribution in [2.45, 2.75) is 38.8 Å². The van der Waals surface area contributed by atoms with Crippen molar-refractivity contribution in [2.75, 3.05) is 29.9 Å². The van der Waals surface area contributed by atoms with Gasteiger partial charge >= 0.3 is 0 Å². The largest absolute Gasteiger partial charge is 0.370 e. The van der Waals surface area contributed by atoms with Crippen LogP contribution in [0.1, 0.15) is 54.8 Å². The van der Waals surface area contributed by atoms with Gasteiger partial charge in [0.1, 0.15) is 17.7 Å². The zero-order valence-corrected chi connectivity index (χ0v) is 12.4. The number of amides is 1. The normalized spacial score (nSPS) is 21.1. The number of piperidine rings is 1. The molecule has 1 fully saturated rings. The van der Waals surface area contributed by atoms with E-state index >= 15 is 0 Å². The van der Waals surface area contributed by atoms with Crippen LogP contribution in [-0.2, 0) is 0 Å². The van der Waals surface area contributed by atoms with Crippen molar-refractivity contribution in [2.24, 2.45) is 5.73 Å². The maximum atomic E-state index is 12.0. The Balaban J connectivity index is 1.98. The molecule has 114 valence electrons. The molecule has 0 aromatic carbocycles. The molecule has 4 N–H and O–H groups in total. The third-order valence-corrected chi connectivity index (χ3v) is 3.93. The molecule has 2 aliphatic rings. The summed E-state index contributed by atoms with van der Waals surface area (Å²) in [6.45, 7) is 4.77. The van der Waals surface area contributed by atoms with Crippen molar-refractivity contribution in [3.8, 4) is 0 Å². The Labute approximate surface area is 124 Å². The molecule has 3 heterocycles. The quantitative estimate of drug-likeness (QED) is 0.765. The summed E-state index contributed by atoms with van der Waals surface area (Å²) in [5.74, 6) is 1.11. The lowest BCUT2D eigenvalue weighted by molar-refractivity contribution is 0.0953. The van der Waals surface area contributed by atoms with Crippen molar-refractivity contribution in [1.82, 2.24) is 15.3 Å². The molecule has 2 aliphatic heterocycles. The Morgan fingerprint density at radius 3 is 2.81 bits per heavy atom. The Kier molecular flexibility index (Phi) is 3.92. The molecule has 1 unspecified atom stereocenters. The molecule has 7 nitrogen and oxygen atoms in total. The number of anilines is 2. The van der Waals surface area contributed by atoms with Gasteiger partial charge in [0, 0.05) is 19.6 Å². The second kappa shape index (κ2) is 5.85. The minimum Gasteiger partial charge on any atom is -0.370 e. The highest BCUT2D eigenvalue weighted by Crippen LogP contribution is 2.29.